The van der Waals surface area contributed by atoms with E-state index < -0.39 is 16.0 Å². The fourth-order valence-corrected chi connectivity index (χ4v) is 3.57. The van der Waals surface area contributed by atoms with Crippen LogP contribution in [0, 0.1) is 13.8 Å². The molecule has 0 fully saturated rings. The van der Waals surface area contributed by atoms with E-state index in [9.17, 15) is 18.3 Å². The van der Waals surface area contributed by atoms with Crippen molar-refractivity contribution in [2.75, 3.05) is 0 Å². The van der Waals surface area contributed by atoms with Crippen molar-refractivity contribution in [3.63, 3.8) is 0 Å². The number of carboxylic acid groups (broad SMARTS) is 1. The Hall–Kier alpha value is -2.90. The van der Waals surface area contributed by atoms with Crippen LogP contribution in [-0.2, 0) is 21.2 Å². The van der Waals surface area contributed by atoms with Crippen LogP contribution in [0.3, 0.4) is 0 Å². The Morgan fingerprint density at radius 3 is 2.15 bits per heavy atom. The molecule has 3 rings (SSSR count). The van der Waals surface area contributed by atoms with Gasteiger partial charge in [0.05, 0.1) is 17.0 Å². The van der Waals surface area contributed by atoms with Crippen LogP contribution in [0.4, 0.5) is 0 Å². The number of hydrogen-bond donors (Lipinski definition) is 2. The molecule has 6 nitrogen and oxygen atoms in total. The number of carboxylic acids is 1. The molecule has 1 aromatic heterocycles. The molecular weight excluding hydrogens is 364 g/mol. The fourth-order valence-electron chi connectivity index (χ4n) is 3.05. The first-order valence-electron chi connectivity index (χ1n) is 8.30. The zero-order valence-corrected chi connectivity index (χ0v) is 15.8. The molecule has 3 N–H and O–H groups in total. The molecule has 0 saturated carbocycles. The second kappa shape index (κ2) is 7.02. The number of aryl methyl sites for hydroxylation is 2. The SMILES string of the molecule is Cc1ccc(-c2cc(C)c(CC(=O)O)n2-c2ccc(S(N)(=O)=O)cc2)cc1. The monoisotopic (exact) mass is 384 g/mol. The molecule has 7 heteroatoms. The van der Waals surface area contributed by atoms with E-state index in [1.54, 1.807) is 12.1 Å². The molecule has 3 aromatic rings. The number of carbonyl (C=O) groups is 1. The van der Waals surface area contributed by atoms with Gasteiger partial charge in [0.2, 0.25) is 10.0 Å². The van der Waals surface area contributed by atoms with Crippen LogP contribution >= 0.6 is 0 Å². The average molecular weight is 384 g/mol. The molecule has 0 aliphatic rings. The summed E-state index contributed by atoms with van der Waals surface area (Å²) in [6, 6.07) is 16.0. The Morgan fingerprint density at radius 2 is 1.63 bits per heavy atom. The van der Waals surface area contributed by atoms with Crippen molar-refractivity contribution in [2.45, 2.75) is 25.2 Å². The van der Waals surface area contributed by atoms with Crippen LogP contribution in [-0.4, -0.2) is 24.1 Å². The number of nitrogens with zero attached hydrogens (tertiary/aromatic N) is 1. The normalized spacial score (nSPS) is 11.5. The van der Waals surface area contributed by atoms with Gasteiger partial charge in [0, 0.05) is 11.4 Å². The zero-order valence-electron chi connectivity index (χ0n) is 15.0. The Labute approximate surface area is 157 Å². The minimum absolute atomic E-state index is 0.00629. The van der Waals surface area contributed by atoms with E-state index in [4.69, 9.17) is 5.14 Å². The summed E-state index contributed by atoms with van der Waals surface area (Å²) in [5.74, 6) is -0.936. The van der Waals surface area contributed by atoms with Crippen LogP contribution in [0.2, 0.25) is 0 Å². The van der Waals surface area contributed by atoms with E-state index in [2.05, 4.69) is 0 Å². The number of sulfonamides is 1. The summed E-state index contributed by atoms with van der Waals surface area (Å²) in [4.78, 5) is 11.4. The van der Waals surface area contributed by atoms with Gasteiger partial charge in [-0.15, -0.1) is 0 Å². The van der Waals surface area contributed by atoms with Crippen molar-refractivity contribution in [2.24, 2.45) is 5.14 Å². The van der Waals surface area contributed by atoms with E-state index in [1.165, 1.54) is 12.1 Å². The molecule has 2 aromatic carbocycles. The lowest BCUT2D eigenvalue weighted by Gasteiger charge is -2.14. The smallest absolute Gasteiger partial charge is 0.309 e. The van der Waals surface area contributed by atoms with Crippen molar-refractivity contribution < 1.29 is 18.3 Å². The van der Waals surface area contributed by atoms with Crippen LogP contribution in [0.5, 0.6) is 0 Å². The third kappa shape index (κ3) is 3.94. The zero-order chi connectivity index (χ0) is 19.8. The summed E-state index contributed by atoms with van der Waals surface area (Å²) in [5, 5.41) is 14.5. The quantitative estimate of drug-likeness (QED) is 0.706. The summed E-state index contributed by atoms with van der Waals surface area (Å²) in [6.45, 7) is 3.86. The Bertz CT molecular complexity index is 1100. The molecule has 0 amide bonds. The Kier molecular flexibility index (Phi) is 4.91. The van der Waals surface area contributed by atoms with Crippen LogP contribution < -0.4 is 5.14 Å². The molecular formula is C20H20N2O4S. The first-order valence-corrected chi connectivity index (χ1v) is 9.85. The molecule has 0 bridgehead atoms. The van der Waals surface area contributed by atoms with Gasteiger partial charge in [-0.2, -0.15) is 0 Å². The van der Waals surface area contributed by atoms with Crippen LogP contribution in [0.1, 0.15) is 16.8 Å². The maximum absolute atomic E-state index is 11.5. The van der Waals surface area contributed by atoms with Crippen LogP contribution in [0.25, 0.3) is 16.9 Å². The van der Waals surface area contributed by atoms with Gasteiger partial charge in [-0.3, -0.25) is 4.79 Å². The molecule has 0 unspecified atom stereocenters. The minimum Gasteiger partial charge on any atom is -0.481 e. The van der Waals surface area contributed by atoms with Gasteiger partial charge >= 0.3 is 5.97 Å². The van der Waals surface area contributed by atoms with Gasteiger partial charge in [-0.1, -0.05) is 29.8 Å². The van der Waals surface area contributed by atoms with Crippen molar-refractivity contribution in [1.82, 2.24) is 4.57 Å². The maximum atomic E-state index is 11.5. The lowest BCUT2D eigenvalue weighted by atomic mass is 10.1. The topological polar surface area (TPSA) is 102 Å². The lowest BCUT2D eigenvalue weighted by Crippen LogP contribution is -2.12. The number of aromatic nitrogens is 1. The average Bonchev–Trinajstić information content (AvgIpc) is 2.91. The molecule has 27 heavy (non-hydrogen) atoms. The minimum atomic E-state index is -3.80. The third-order valence-electron chi connectivity index (χ3n) is 4.41. The summed E-state index contributed by atoms with van der Waals surface area (Å²) < 4.78 is 24.9. The number of aliphatic carboxylic acids is 1. The molecule has 140 valence electrons. The van der Waals surface area contributed by atoms with Gasteiger partial charge in [0.1, 0.15) is 0 Å². The number of nitrogens with two attached hydrogens (primary N) is 1. The summed E-state index contributed by atoms with van der Waals surface area (Å²) >= 11 is 0. The highest BCUT2D eigenvalue weighted by molar-refractivity contribution is 7.89. The van der Waals surface area contributed by atoms with Gasteiger partial charge in [-0.05, 0) is 55.3 Å². The van der Waals surface area contributed by atoms with Crippen molar-refractivity contribution in [3.05, 3.63) is 71.4 Å². The van der Waals surface area contributed by atoms with E-state index in [1.807, 2.05) is 48.7 Å². The van der Waals surface area contributed by atoms with Crippen molar-refractivity contribution >= 4 is 16.0 Å². The Balaban J connectivity index is 2.22. The summed E-state index contributed by atoms with van der Waals surface area (Å²) in [6.07, 6.45) is -0.144. The molecule has 0 spiro atoms. The predicted molar refractivity (Wildman–Crippen MR) is 103 cm³/mol. The van der Waals surface area contributed by atoms with Gasteiger partial charge < -0.3 is 9.67 Å². The number of rotatable bonds is 5. The first kappa shape index (κ1) is 18.9. The molecule has 0 aliphatic heterocycles. The second-order valence-electron chi connectivity index (χ2n) is 6.47. The van der Waals surface area contributed by atoms with Crippen molar-refractivity contribution in [3.8, 4) is 16.9 Å². The molecule has 0 saturated heterocycles. The molecule has 1 heterocycles. The molecule has 0 radical (unpaired) electrons. The van der Waals surface area contributed by atoms with Crippen LogP contribution in [0.15, 0.2) is 59.5 Å². The van der Waals surface area contributed by atoms with E-state index in [0.29, 0.717) is 11.4 Å². The summed E-state index contributed by atoms with van der Waals surface area (Å²) in [5.41, 5.74) is 5.06. The predicted octanol–water partition coefficient (Wildman–Crippen LogP) is 3.04. The van der Waals surface area contributed by atoms with Crippen molar-refractivity contribution in [1.29, 1.82) is 0 Å². The van der Waals surface area contributed by atoms with Gasteiger partial charge in [-0.25, -0.2) is 13.6 Å². The highest BCUT2D eigenvalue weighted by Crippen LogP contribution is 2.30. The number of primary sulfonamides is 1. The second-order valence-corrected chi connectivity index (χ2v) is 8.03. The highest BCUT2D eigenvalue weighted by Gasteiger charge is 2.18. The first-order chi connectivity index (χ1) is 12.7. The highest BCUT2D eigenvalue weighted by atomic mass is 32.2. The van der Waals surface area contributed by atoms with E-state index in [0.717, 1.165) is 22.4 Å². The Morgan fingerprint density at radius 1 is 1.04 bits per heavy atom. The maximum Gasteiger partial charge on any atom is 0.309 e. The van der Waals surface area contributed by atoms with E-state index in [-0.39, 0.29) is 11.3 Å². The fraction of sp³-hybridized carbons (Fsp3) is 0.150. The standard InChI is InChI=1S/C20H20N2O4S/c1-13-3-5-15(6-4-13)19-11-14(2)18(12-20(23)24)22(19)16-7-9-17(10-8-16)27(21,25)26/h3-11H,12H2,1-2H3,(H,23,24)(H2,21,25,26). The number of hydrogen-bond acceptors (Lipinski definition) is 3. The van der Waals surface area contributed by atoms with Gasteiger partial charge in [0.25, 0.3) is 0 Å². The summed E-state index contributed by atoms with van der Waals surface area (Å²) in [7, 11) is -3.80. The number of benzene rings is 2. The molecule has 0 atom stereocenters. The van der Waals surface area contributed by atoms with E-state index >= 15 is 0 Å². The van der Waals surface area contributed by atoms with Gasteiger partial charge in [0.15, 0.2) is 0 Å². The largest absolute Gasteiger partial charge is 0.481 e. The molecule has 0 aliphatic carbocycles. The third-order valence-corrected chi connectivity index (χ3v) is 5.34. The lowest BCUT2D eigenvalue weighted by molar-refractivity contribution is -0.136.